The van der Waals surface area contributed by atoms with Gasteiger partial charge in [0.15, 0.2) is 6.10 Å². The van der Waals surface area contributed by atoms with Crippen LogP contribution in [0.3, 0.4) is 0 Å². The maximum absolute atomic E-state index is 12.8. The highest BCUT2D eigenvalue weighted by Gasteiger charge is 2.19. The first-order chi connectivity index (χ1) is 29.5. The van der Waals surface area contributed by atoms with Crippen molar-refractivity contribution in [3.05, 3.63) is 60.8 Å². The van der Waals surface area contributed by atoms with Gasteiger partial charge >= 0.3 is 17.9 Å². The normalized spacial score (nSPS) is 12.5. The summed E-state index contributed by atoms with van der Waals surface area (Å²) in [6.45, 7) is 6.53. The van der Waals surface area contributed by atoms with Crippen molar-refractivity contribution in [2.24, 2.45) is 0 Å². The molecule has 0 aromatic heterocycles. The van der Waals surface area contributed by atoms with E-state index in [1.165, 1.54) is 128 Å². The highest BCUT2D eigenvalue weighted by molar-refractivity contribution is 5.71. The second kappa shape index (κ2) is 48.8. The highest BCUT2D eigenvalue weighted by atomic mass is 16.6. The first-order valence-electron chi connectivity index (χ1n) is 25.3. The molecule has 0 spiro atoms. The molecule has 0 amide bonds. The van der Waals surface area contributed by atoms with Gasteiger partial charge in [0.1, 0.15) is 13.2 Å². The molecule has 0 aromatic carbocycles. The van der Waals surface area contributed by atoms with Crippen molar-refractivity contribution in [1.82, 2.24) is 0 Å². The number of ether oxygens (including phenoxy) is 3. The van der Waals surface area contributed by atoms with E-state index >= 15 is 0 Å². The predicted octanol–water partition coefficient (Wildman–Crippen LogP) is 16.5. The van der Waals surface area contributed by atoms with Gasteiger partial charge in [0, 0.05) is 19.3 Å². The fraction of sp³-hybridized carbons (Fsp3) is 0.759. The molecular weight excluding hydrogens is 745 g/mol. The molecule has 0 N–H and O–H groups in total. The average Bonchev–Trinajstić information content (AvgIpc) is 3.24. The van der Waals surface area contributed by atoms with Crippen LogP contribution in [0.15, 0.2) is 60.8 Å². The first kappa shape index (κ1) is 57.1. The van der Waals surface area contributed by atoms with Crippen LogP contribution in [-0.2, 0) is 28.6 Å². The van der Waals surface area contributed by atoms with Crippen molar-refractivity contribution in [2.75, 3.05) is 13.2 Å². The first-order valence-corrected chi connectivity index (χ1v) is 25.3. The number of allylic oxidation sites excluding steroid dienone is 10. The van der Waals surface area contributed by atoms with Gasteiger partial charge < -0.3 is 14.2 Å². The summed E-state index contributed by atoms with van der Waals surface area (Å²) in [6.07, 6.45) is 59.2. The Kier molecular flexibility index (Phi) is 46.4. The number of hydrogen-bond acceptors (Lipinski definition) is 6. The molecule has 0 aliphatic carbocycles. The Balaban J connectivity index is 4.39. The second-order valence-electron chi connectivity index (χ2n) is 16.8. The van der Waals surface area contributed by atoms with Gasteiger partial charge in [-0.05, 0) is 89.9 Å². The van der Waals surface area contributed by atoms with E-state index in [0.717, 1.165) is 70.6 Å². The Morgan fingerprint density at radius 2 is 0.633 bits per heavy atom. The van der Waals surface area contributed by atoms with E-state index in [0.29, 0.717) is 25.7 Å². The molecule has 0 saturated heterocycles. The van der Waals surface area contributed by atoms with Crippen LogP contribution in [0.2, 0.25) is 0 Å². The summed E-state index contributed by atoms with van der Waals surface area (Å²) >= 11 is 0. The van der Waals surface area contributed by atoms with E-state index in [9.17, 15) is 14.4 Å². The van der Waals surface area contributed by atoms with Gasteiger partial charge in [0.05, 0.1) is 0 Å². The zero-order chi connectivity index (χ0) is 43.7. The molecule has 6 nitrogen and oxygen atoms in total. The average molecular weight is 839 g/mol. The molecule has 346 valence electrons. The van der Waals surface area contributed by atoms with Gasteiger partial charge in [-0.3, -0.25) is 14.4 Å². The summed E-state index contributed by atoms with van der Waals surface area (Å²) in [6, 6.07) is 0. The van der Waals surface area contributed by atoms with Crippen molar-refractivity contribution in [1.29, 1.82) is 0 Å². The Morgan fingerprint density at radius 3 is 1.05 bits per heavy atom. The second-order valence-corrected chi connectivity index (χ2v) is 16.8. The van der Waals surface area contributed by atoms with Crippen molar-refractivity contribution in [3.8, 4) is 0 Å². The summed E-state index contributed by atoms with van der Waals surface area (Å²) in [7, 11) is 0. The topological polar surface area (TPSA) is 78.9 Å². The van der Waals surface area contributed by atoms with Gasteiger partial charge in [0.25, 0.3) is 0 Å². The van der Waals surface area contributed by atoms with Crippen LogP contribution in [0.25, 0.3) is 0 Å². The summed E-state index contributed by atoms with van der Waals surface area (Å²) in [5, 5.41) is 0. The Labute approximate surface area is 370 Å². The predicted molar refractivity (Wildman–Crippen MR) is 256 cm³/mol. The van der Waals surface area contributed by atoms with Crippen LogP contribution in [0.1, 0.15) is 245 Å². The van der Waals surface area contributed by atoms with Crippen LogP contribution < -0.4 is 0 Å². The number of carbonyl (C=O) groups is 3. The molecule has 1 atom stereocenters. The number of esters is 3. The Bertz CT molecular complexity index is 1100. The van der Waals surface area contributed by atoms with Gasteiger partial charge in [-0.2, -0.15) is 0 Å². The monoisotopic (exact) mass is 839 g/mol. The lowest BCUT2D eigenvalue weighted by atomic mass is 10.1. The maximum atomic E-state index is 12.8. The van der Waals surface area contributed by atoms with E-state index in [1.807, 2.05) is 0 Å². The Morgan fingerprint density at radius 1 is 0.333 bits per heavy atom. The van der Waals surface area contributed by atoms with Crippen molar-refractivity contribution >= 4 is 17.9 Å². The molecule has 0 heterocycles. The lowest BCUT2D eigenvalue weighted by Gasteiger charge is -2.18. The summed E-state index contributed by atoms with van der Waals surface area (Å²) < 4.78 is 16.7. The third-order valence-corrected chi connectivity index (χ3v) is 10.8. The van der Waals surface area contributed by atoms with E-state index in [2.05, 4.69) is 81.5 Å². The fourth-order valence-corrected chi connectivity index (χ4v) is 6.91. The highest BCUT2D eigenvalue weighted by Crippen LogP contribution is 2.14. The summed E-state index contributed by atoms with van der Waals surface area (Å²) in [5.74, 6) is -0.952. The molecule has 0 aliphatic heterocycles. The molecule has 0 saturated carbocycles. The number of hydrogen-bond donors (Lipinski definition) is 0. The molecular formula is C54H94O6. The van der Waals surface area contributed by atoms with E-state index in [1.54, 1.807) is 0 Å². The molecule has 0 aromatic rings. The molecule has 1 unspecified atom stereocenters. The van der Waals surface area contributed by atoms with Crippen LogP contribution in [0.5, 0.6) is 0 Å². The number of rotatable bonds is 45. The zero-order valence-corrected chi connectivity index (χ0v) is 39.5. The number of unbranched alkanes of at least 4 members (excludes halogenated alkanes) is 26. The molecule has 0 aliphatic rings. The van der Waals surface area contributed by atoms with Gasteiger partial charge in [-0.15, -0.1) is 0 Å². The van der Waals surface area contributed by atoms with E-state index in [-0.39, 0.29) is 31.1 Å². The Hall–Kier alpha value is -2.89. The van der Waals surface area contributed by atoms with Gasteiger partial charge in [-0.1, -0.05) is 197 Å². The standard InChI is InChI=1S/C54H94O6/c1-4-7-10-13-16-19-21-23-25-26-27-29-30-32-35-38-41-44-47-53(56)59-50-51(49-58-52(55)46-43-40-37-34-18-15-12-9-6-3)60-54(57)48-45-42-39-36-33-31-28-24-22-20-17-14-11-8-5-2/h20-23,25-27,29,34,37,51H,4-19,24,28,30-33,35-36,38-50H2,1-3H3/b22-20-,23-21-,26-25-,29-27-,37-34-. The quantitative estimate of drug-likeness (QED) is 0.0200. The van der Waals surface area contributed by atoms with Crippen molar-refractivity contribution in [3.63, 3.8) is 0 Å². The minimum Gasteiger partial charge on any atom is -0.462 e. The molecule has 0 fully saturated rings. The lowest BCUT2D eigenvalue weighted by molar-refractivity contribution is -0.167. The zero-order valence-electron chi connectivity index (χ0n) is 39.5. The van der Waals surface area contributed by atoms with Crippen LogP contribution >= 0.6 is 0 Å². The summed E-state index contributed by atoms with van der Waals surface area (Å²) in [4.78, 5) is 37.8. The summed E-state index contributed by atoms with van der Waals surface area (Å²) in [5.41, 5.74) is 0. The van der Waals surface area contributed by atoms with E-state index < -0.39 is 6.10 Å². The molecule has 0 bridgehead atoms. The van der Waals surface area contributed by atoms with Crippen molar-refractivity contribution < 1.29 is 28.6 Å². The smallest absolute Gasteiger partial charge is 0.306 e. The minimum atomic E-state index is -0.793. The third kappa shape index (κ3) is 46.2. The molecule has 6 heteroatoms. The SMILES string of the molecule is CCCCCC/C=C\CCCCCCCCCC(=O)OC(COC(=O)CCC/C=C\CCCCCC)COC(=O)CCCCCCC\C=C/C=C\C=C/CCCCCCC. The number of carbonyl (C=O) groups excluding carboxylic acids is 3. The molecule has 0 radical (unpaired) electrons. The van der Waals surface area contributed by atoms with Gasteiger partial charge in [-0.25, -0.2) is 0 Å². The maximum Gasteiger partial charge on any atom is 0.306 e. The molecule has 60 heavy (non-hydrogen) atoms. The van der Waals surface area contributed by atoms with Crippen LogP contribution in [-0.4, -0.2) is 37.2 Å². The van der Waals surface area contributed by atoms with Gasteiger partial charge in [0.2, 0.25) is 0 Å². The third-order valence-electron chi connectivity index (χ3n) is 10.8. The van der Waals surface area contributed by atoms with Crippen LogP contribution in [0.4, 0.5) is 0 Å². The minimum absolute atomic E-state index is 0.0950. The van der Waals surface area contributed by atoms with E-state index in [4.69, 9.17) is 14.2 Å². The fourth-order valence-electron chi connectivity index (χ4n) is 6.91. The molecule has 0 rings (SSSR count). The van der Waals surface area contributed by atoms with Crippen molar-refractivity contribution in [2.45, 2.75) is 252 Å². The lowest BCUT2D eigenvalue weighted by Crippen LogP contribution is -2.30. The largest absolute Gasteiger partial charge is 0.462 e. The van der Waals surface area contributed by atoms with Crippen LogP contribution in [0, 0.1) is 0 Å².